The average molecular weight is 262 g/mol. The number of hydrogen-bond donors (Lipinski definition) is 0. The van der Waals surface area contributed by atoms with Crippen LogP contribution >= 0.6 is 0 Å². The van der Waals surface area contributed by atoms with E-state index in [-0.39, 0.29) is 4.90 Å². The molecular formula is C14H15FN2O2. The van der Waals surface area contributed by atoms with Crippen LogP contribution in [0.3, 0.4) is 0 Å². The molecule has 1 aromatic heterocycles. The molecule has 0 unspecified atom stereocenters. The van der Waals surface area contributed by atoms with Gasteiger partial charge < -0.3 is 4.74 Å². The van der Waals surface area contributed by atoms with Gasteiger partial charge in [-0.1, -0.05) is 22.7 Å². The number of hydrogen-bond acceptors (Lipinski definition) is 3. The first-order chi connectivity index (χ1) is 8.87. The Bertz CT molecular complexity index is 599. The molecule has 2 rings (SSSR count). The molecule has 0 radical (unpaired) electrons. The van der Waals surface area contributed by atoms with E-state index in [9.17, 15) is 9.28 Å². The van der Waals surface area contributed by atoms with E-state index in [0.29, 0.717) is 16.7 Å². The van der Waals surface area contributed by atoms with Crippen LogP contribution in [0.25, 0.3) is 11.1 Å². The van der Waals surface area contributed by atoms with Crippen molar-refractivity contribution in [1.29, 1.82) is 0 Å². The second-order valence-electron chi connectivity index (χ2n) is 5.17. The van der Waals surface area contributed by atoms with Crippen LogP contribution in [-0.4, -0.2) is 21.6 Å². The van der Waals surface area contributed by atoms with Crippen LogP contribution < -0.4 is 0 Å². The van der Waals surface area contributed by atoms with Crippen molar-refractivity contribution in [2.75, 3.05) is 0 Å². The Morgan fingerprint density at radius 2 is 2.00 bits per heavy atom. The second kappa shape index (κ2) is 4.84. The van der Waals surface area contributed by atoms with Crippen molar-refractivity contribution in [3.8, 4) is 11.1 Å². The summed E-state index contributed by atoms with van der Waals surface area (Å²) in [5, 5.41) is 3.47. The molecule has 0 aliphatic rings. The molecule has 0 bridgehead atoms. The first kappa shape index (κ1) is 13.3. The Hall–Kier alpha value is -2.17. The number of carbonyl (C=O) groups is 1. The fourth-order valence-corrected chi connectivity index (χ4v) is 1.68. The van der Waals surface area contributed by atoms with E-state index in [4.69, 9.17) is 4.74 Å². The van der Waals surface area contributed by atoms with Crippen molar-refractivity contribution >= 4 is 5.97 Å². The standard InChI is InChI=1S/C14H15FN2O2/c1-14(2,3)19-13(18)12-7-5-4-6-11(12)10-8-16-17(15)9-10/h4-9H,1-3H3. The van der Waals surface area contributed by atoms with Gasteiger partial charge in [-0.2, -0.15) is 5.10 Å². The summed E-state index contributed by atoms with van der Waals surface area (Å²) >= 11 is 0. The number of rotatable bonds is 2. The van der Waals surface area contributed by atoms with E-state index >= 15 is 0 Å². The molecule has 0 saturated carbocycles. The van der Waals surface area contributed by atoms with Gasteiger partial charge in [0.2, 0.25) is 0 Å². The molecule has 0 aliphatic carbocycles. The molecule has 5 heteroatoms. The van der Waals surface area contributed by atoms with Crippen LogP contribution in [0.4, 0.5) is 4.48 Å². The van der Waals surface area contributed by atoms with Crippen molar-refractivity contribution in [3.05, 3.63) is 42.2 Å². The predicted molar refractivity (Wildman–Crippen MR) is 69.3 cm³/mol. The van der Waals surface area contributed by atoms with Gasteiger partial charge in [0.15, 0.2) is 0 Å². The second-order valence-corrected chi connectivity index (χ2v) is 5.17. The van der Waals surface area contributed by atoms with Gasteiger partial charge in [-0.05, 0) is 32.4 Å². The van der Waals surface area contributed by atoms with Crippen LogP contribution in [-0.2, 0) is 4.74 Å². The van der Waals surface area contributed by atoms with Crippen LogP contribution in [0.5, 0.6) is 0 Å². The minimum absolute atomic E-state index is 0.210. The molecule has 0 aliphatic heterocycles. The molecule has 0 amide bonds. The third-order valence-corrected chi connectivity index (χ3v) is 2.41. The molecule has 0 spiro atoms. The van der Waals surface area contributed by atoms with E-state index in [1.54, 1.807) is 45.0 Å². The summed E-state index contributed by atoms with van der Waals surface area (Å²) < 4.78 is 18.2. The van der Waals surface area contributed by atoms with Gasteiger partial charge in [-0.15, -0.1) is 4.90 Å². The molecule has 0 N–H and O–H groups in total. The Labute approximate surface area is 110 Å². The highest BCUT2D eigenvalue weighted by molar-refractivity contribution is 5.97. The maximum absolute atomic E-state index is 12.9. The number of carbonyl (C=O) groups excluding carboxylic acids is 1. The van der Waals surface area contributed by atoms with Crippen LogP contribution in [0.2, 0.25) is 0 Å². The number of esters is 1. The molecule has 1 heterocycles. The van der Waals surface area contributed by atoms with Crippen molar-refractivity contribution in [2.45, 2.75) is 26.4 Å². The zero-order valence-electron chi connectivity index (χ0n) is 11.1. The third kappa shape index (κ3) is 3.19. The fraction of sp³-hybridized carbons (Fsp3) is 0.286. The maximum Gasteiger partial charge on any atom is 0.339 e. The molecular weight excluding hydrogens is 247 g/mol. The number of aromatic nitrogens is 2. The highest BCUT2D eigenvalue weighted by atomic mass is 19.2. The average Bonchev–Trinajstić information content (AvgIpc) is 2.73. The van der Waals surface area contributed by atoms with Gasteiger partial charge in [0, 0.05) is 5.56 Å². The van der Waals surface area contributed by atoms with E-state index < -0.39 is 11.6 Å². The monoisotopic (exact) mass is 262 g/mol. The summed E-state index contributed by atoms with van der Waals surface area (Å²) in [5.74, 6) is -0.435. The molecule has 19 heavy (non-hydrogen) atoms. The summed E-state index contributed by atoms with van der Waals surface area (Å²) in [6, 6.07) is 6.90. The summed E-state index contributed by atoms with van der Waals surface area (Å²) in [5.41, 5.74) is 0.948. The lowest BCUT2D eigenvalue weighted by atomic mass is 10.0. The molecule has 0 fully saturated rings. The van der Waals surface area contributed by atoms with E-state index in [0.717, 1.165) is 0 Å². The van der Waals surface area contributed by atoms with Gasteiger partial charge in [-0.25, -0.2) is 4.79 Å². The van der Waals surface area contributed by atoms with Crippen molar-refractivity contribution < 1.29 is 14.0 Å². The summed E-state index contributed by atoms with van der Waals surface area (Å²) in [4.78, 5) is 12.3. The zero-order valence-corrected chi connectivity index (χ0v) is 11.1. The topological polar surface area (TPSA) is 44.1 Å². The van der Waals surface area contributed by atoms with Gasteiger partial charge in [0.25, 0.3) is 0 Å². The smallest absolute Gasteiger partial charge is 0.339 e. The number of benzene rings is 1. The van der Waals surface area contributed by atoms with Crippen LogP contribution in [0, 0.1) is 0 Å². The summed E-state index contributed by atoms with van der Waals surface area (Å²) in [6.45, 7) is 5.40. The number of nitrogens with zero attached hydrogens (tertiary/aromatic N) is 2. The Morgan fingerprint density at radius 1 is 1.32 bits per heavy atom. The lowest BCUT2D eigenvalue weighted by molar-refractivity contribution is 0.00704. The highest BCUT2D eigenvalue weighted by Gasteiger charge is 2.21. The number of ether oxygens (including phenoxy) is 1. The maximum atomic E-state index is 12.9. The first-order valence-corrected chi connectivity index (χ1v) is 5.90. The van der Waals surface area contributed by atoms with Gasteiger partial charge in [-0.3, -0.25) is 0 Å². The Kier molecular flexibility index (Phi) is 3.38. The summed E-state index contributed by atoms with van der Waals surface area (Å²) in [6.07, 6.45) is 2.58. The molecule has 100 valence electrons. The lowest BCUT2D eigenvalue weighted by Gasteiger charge is -2.20. The van der Waals surface area contributed by atoms with Crippen molar-refractivity contribution in [3.63, 3.8) is 0 Å². The molecule has 2 aromatic rings. The SMILES string of the molecule is CC(C)(C)OC(=O)c1ccccc1-c1cnn(F)c1. The molecule has 0 saturated heterocycles. The Balaban J connectivity index is 2.39. The summed E-state index contributed by atoms with van der Waals surface area (Å²) in [7, 11) is 0. The van der Waals surface area contributed by atoms with Gasteiger partial charge >= 0.3 is 5.97 Å². The Morgan fingerprint density at radius 3 is 2.58 bits per heavy atom. The minimum atomic E-state index is -0.575. The third-order valence-electron chi connectivity index (χ3n) is 2.41. The fourth-order valence-electron chi connectivity index (χ4n) is 1.68. The van der Waals surface area contributed by atoms with Crippen LogP contribution in [0.1, 0.15) is 31.1 Å². The van der Waals surface area contributed by atoms with Crippen LogP contribution in [0.15, 0.2) is 36.7 Å². The number of halogens is 1. The molecule has 0 atom stereocenters. The zero-order chi connectivity index (χ0) is 14.0. The van der Waals surface area contributed by atoms with Gasteiger partial charge in [0.1, 0.15) is 5.60 Å². The quantitative estimate of drug-likeness (QED) is 0.780. The van der Waals surface area contributed by atoms with Crippen molar-refractivity contribution in [2.24, 2.45) is 0 Å². The van der Waals surface area contributed by atoms with E-state index in [1.165, 1.54) is 12.4 Å². The lowest BCUT2D eigenvalue weighted by Crippen LogP contribution is -2.24. The van der Waals surface area contributed by atoms with E-state index in [2.05, 4.69) is 5.10 Å². The van der Waals surface area contributed by atoms with Crippen molar-refractivity contribution in [1.82, 2.24) is 10.0 Å². The largest absolute Gasteiger partial charge is 0.456 e. The van der Waals surface area contributed by atoms with E-state index in [1.807, 2.05) is 0 Å². The highest BCUT2D eigenvalue weighted by Crippen LogP contribution is 2.25. The minimum Gasteiger partial charge on any atom is -0.456 e. The van der Waals surface area contributed by atoms with Gasteiger partial charge in [0.05, 0.1) is 18.0 Å². The molecule has 1 aromatic carbocycles. The first-order valence-electron chi connectivity index (χ1n) is 5.90. The molecule has 4 nitrogen and oxygen atoms in total. The normalized spacial score (nSPS) is 11.4. The predicted octanol–water partition coefficient (Wildman–Crippen LogP) is 3.24.